The van der Waals surface area contributed by atoms with E-state index < -0.39 is 0 Å². The third-order valence-corrected chi connectivity index (χ3v) is 6.74. The smallest absolute Gasteiger partial charge is 0.227 e. The molecule has 1 aromatic heterocycles. The topological polar surface area (TPSA) is 56.6 Å². The zero-order valence-corrected chi connectivity index (χ0v) is 20.5. The van der Waals surface area contributed by atoms with Gasteiger partial charge in [0.15, 0.2) is 0 Å². The van der Waals surface area contributed by atoms with Crippen molar-refractivity contribution in [2.75, 3.05) is 25.2 Å². The number of amides is 1. The highest BCUT2D eigenvalue weighted by molar-refractivity contribution is 5.98. The summed E-state index contributed by atoms with van der Waals surface area (Å²) in [4.78, 5) is 20.0. The van der Waals surface area contributed by atoms with Gasteiger partial charge in [-0.15, -0.1) is 0 Å². The minimum absolute atomic E-state index is 0.0522. The Bertz CT molecular complexity index is 1320. The van der Waals surface area contributed by atoms with Crippen molar-refractivity contribution < 1.29 is 14.3 Å². The number of benzene rings is 3. The first-order chi connectivity index (χ1) is 17.0. The lowest BCUT2D eigenvalue weighted by Crippen LogP contribution is -2.26. The number of para-hydroxylation sites is 3. The molecule has 6 heteroatoms. The highest BCUT2D eigenvalue weighted by Crippen LogP contribution is 2.36. The zero-order valence-electron chi connectivity index (χ0n) is 20.5. The van der Waals surface area contributed by atoms with Crippen LogP contribution in [0.5, 0.6) is 11.5 Å². The number of methoxy groups -OCH3 is 1. The molecule has 0 aliphatic carbocycles. The van der Waals surface area contributed by atoms with Crippen LogP contribution < -0.4 is 14.4 Å². The summed E-state index contributed by atoms with van der Waals surface area (Å²) in [5.74, 6) is 2.84. The lowest BCUT2D eigenvalue weighted by Gasteiger charge is -2.21. The van der Waals surface area contributed by atoms with Crippen LogP contribution in [-0.4, -0.2) is 35.7 Å². The summed E-state index contributed by atoms with van der Waals surface area (Å²) in [6, 6.07) is 22.0. The molecule has 4 aromatic rings. The fraction of sp³-hybridized carbons (Fsp3) is 0.310. The molecule has 5 rings (SSSR count). The van der Waals surface area contributed by atoms with E-state index in [-0.39, 0.29) is 11.8 Å². The van der Waals surface area contributed by atoms with Gasteiger partial charge in [0.2, 0.25) is 5.91 Å². The lowest BCUT2D eigenvalue weighted by atomic mass is 10.1. The fourth-order valence-electron chi connectivity index (χ4n) is 5.05. The summed E-state index contributed by atoms with van der Waals surface area (Å²) >= 11 is 0. The first-order valence-corrected chi connectivity index (χ1v) is 12.1. The van der Waals surface area contributed by atoms with Gasteiger partial charge in [-0.1, -0.05) is 30.3 Å². The average molecular weight is 470 g/mol. The number of rotatable bonds is 8. The van der Waals surface area contributed by atoms with Crippen molar-refractivity contribution in [3.05, 3.63) is 83.7 Å². The Balaban J connectivity index is 1.34. The van der Waals surface area contributed by atoms with E-state index >= 15 is 0 Å². The third-order valence-electron chi connectivity index (χ3n) is 6.74. The molecule has 0 saturated carbocycles. The highest BCUT2D eigenvalue weighted by Gasteiger charge is 2.35. The van der Waals surface area contributed by atoms with Crippen molar-refractivity contribution in [1.29, 1.82) is 0 Å². The van der Waals surface area contributed by atoms with Gasteiger partial charge in [-0.05, 0) is 67.8 Å². The molecule has 1 aliphatic rings. The Hall–Kier alpha value is -3.80. The fourth-order valence-corrected chi connectivity index (χ4v) is 5.05. The molecule has 1 amide bonds. The third kappa shape index (κ3) is 4.61. The maximum absolute atomic E-state index is 13.1. The van der Waals surface area contributed by atoms with Crippen molar-refractivity contribution in [2.24, 2.45) is 0 Å². The molecular weight excluding hydrogens is 438 g/mol. The molecule has 1 unspecified atom stereocenters. The van der Waals surface area contributed by atoms with Crippen LogP contribution in [0, 0.1) is 13.8 Å². The Morgan fingerprint density at radius 3 is 2.40 bits per heavy atom. The minimum atomic E-state index is 0.0522. The van der Waals surface area contributed by atoms with E-state index in [1.54, 1.807) is 7.11 Å². The van der Waals surface area contributed by atoms with Crippen molar-refractivity contribution >= 4 is 22.6 Å². The molecule has 1 saturated heterocycles. The van der Waals surface area contributed by atoms with E-state index in [2.05, 4.69) is 36.6 Å². The molecule has 1 fully saturated rings. The van der Waals surface area contributed by atoms with E-state index in [1.807, 2.05) is 53.4 Å². The van der Waals surface area contributed by atoms with Crippen molar-refractivity contribution in [2.45, 2.75) is 39.2 Å². The molecular formula is C29H31N3O3. The molecule has 180 valence electrons. The number of carbonyl (C=O) groups is 1. The summed E-state index contributed by atoms with van der Waals surface area (Å²) in [6.07, 6.45) is 1.31. The van der Waals surface area contributed by atoms with Crippen molar-refractivity contribution in [3.8, 4) is 11.5 Å². The van der Waals surface area contributed by atoms with Gasteiger partial charge in [-0.25, -0.2) is 4.98 Å². The van der Waals surface area contributed by atoms with Gasteiger partial charge in [0.25, 0.3) is 0 Å². The van der Waals surface area contributed by atoms with Gasteiger partial charge in [0, 0.05) is 31.1 Å². The molecule has 0 N–H and O–H groups in total. The molecule has 6 nitrogen and oxygen atoms in total. The van der Waals surface area contributed by atoms with E-state index in [4.69, 9.17) is 14.5 Å². The molecule has 0 radical (unpaired) electrons. The molecule has 3 aromatic carbocycles. The van der Waals surface area contributed by atoms with Crippen LogP contribution >= 0.6 is 0 Å². The lowest BCUT2D eigenvalue weighted by molar-refractivity contribution is -0.117. The summed E-state index contributed by atoms with van der Waals surface area (Å²) in [7, 11) is 1.65. The van der Waals surface area contributed by atoms with Crippen LogP contribution in [0.1, 0.15) is 35.7 Å². The number of aromatic nitrogens is 2. The number of nitrogens with zero attached hydrogens (tertiary/aromatic N) is 3. The van der Waals surface area contributed by atoms with Crippen LogP contribution in [0.4, 0.5) is 5.69 Å². The van der Waals surface area contributed by atoms with Crippen LogP contribution in [0.2, 0.25) is 0 Å². The second kappa shape index (κ2) is 9.82. The Morgan fingerprint density at radius 2 is 1.66 bits per heavy atom. The molecule has 0 spiro atoms. The summed E-state index contributed by atoms with van der Waals surface area (Å²) in [5.41, 5.74) is 5.36. The van der Waals surface area contributed by atoms with Crippen LogP contribution in [0.25, 0.3) is 11.0 Å². The predicted octanol–water partition coefficient (Wildman–Crippen LogP) is 5.65. The maximum atomic E-state index is 13.1. The molecule has 2 heterocycles. The van der Waals surface area contributed by atoms with Crippen LogP contribution in [0.3, 0.4) is 0 Å². The molecule has 1 aliphatic heterocycles. The number of ether oxygens (including phenoxy) is 2. The van der Waals surface area contributed by atoms with Crippen molar-refractivity contribution in [3.63, 3.8) is 0 Å². The summed E-state index contributed by atoms with van der Waals surface area (Å²) < 4.78 is 13.4. The molecule has 35 heavy (non-hydrogen) atoms. The Kier molecular flexibility index (Phi) is 6.45. The molecule has 1 atom stereocenters. The quantitative estimate of drug-likeness (QED) is 0.313. The Morgan fingerprint density at radius 1 is 0.943 bits per heavy atom. The highest BCUT2D eigenvalue weighted by atomic mass is 16.5. The van der Waals surface area contributed by atoms with E-state index in [1.165, 1.54) is 0 Å². The summed E-state index contributed by atoms with van der Waals surface area (Å²) in [5, 5.41) is 0. The number of fused-ring (bicyclic) bond motifs is 1. The number of carbonyl (C=O) groups excluding carboxylic acids is 1. The maximum Gasteiger partial charge on any atom is 0.227 e. The minimum Gasteiger partial charge on any atom is -0.497 e. The standard InChI is InChI=1S/C29H31N3O3/c1-20-8-6-9-21(2)28(20)32-19-22(18-27(32)33)29-30-25-10-4-5-11-26(25)31(29)16-7-17-35-24-14-12-23(34-3)13-15-24/h4-6,8-15,22H,7,16-19H2,1-3H3. The van der Waals surface area contributed by atoms with Gasteiger partial charge in [-0.2, -0.15) is 0 Å². The number of anilines is 1. The van der Waals surface area contributed by atoms with Gasteiger partial charge < -0.3 is 18.9 Å². The van der Waals surface area contributed by atoms with Gasteiger partial charge in [-0.3, -0.25) is 4.79 Å². The first-order valence-electron chi connectivity index (χ1n) is 12.1. The normalized spacial score (nSPS) is 15.7. The predicted molar refractivity (Wildman–Crippen MR) is 138 cm³/mol. The number of hydrogen-bond donors (Lipinski definition) is 0. The number of hydrogen-bond acceptors (Lipinski definition) is 4. The second-order valence-electron chi connectivity index (χ2n) is 9.13. The number of imidazole rings is 1. The van der Waals surface area contributed by atoms with Gasteiger partial charge in [0.05, 0.1) is 24.8 Å². The van der Waals surface area contributed by atoms with E-state index in [0.29, 0.717) is 19.6 Å². The van der Waals surface area contributed by atoms with Gasteiger partial charge in [0.1, 0.15) is 17.3 Å². The zero-order chi connectivity index (χ0) is 24.4. The monoisotopic (exact) mass is 469 g/mol. The van der Waals surface area contributed by atoms with Crippen LogP contribution in [0.15, 0.2) is 66.7 Å². The van der Waals surface area contributed by atoms with Crippen LogP contribution in [-0.2, 0) is 11.3 Å². The summed E-state index contributed by atoms with van der Waals surface area (Å²) in [6.45, 7) is 6.16. The van der Waals surface area contributed by atoms with E-state index in [9.17, 15) is 4.79 Å². The molecule has 0 bridgehead atoms. The average Bonchev–Trinajstić information content (AvgIpc) is 3.42. The number of aryl methyl sites for hydroxylation is 3. The largest absolute Gasteiger partial charge is 0.497 e. The Labute approximate surface area is 206 Å². The SMILES string of the molecule is COc1ccc(OCCCn2c(C3CC(=O)N(c4c(C)cccc4C)C3)nc3ccccc32)cc1. The first kappa shape index (κ1) is 23.0. The second-order valence-corrected chi connectivity index (χ2v) is 9.13. The van der Waals surface area contributed by atoms with Crippen molar-refractivity contribution in [1.82, 2.24) is 9.55 Å². The van der Waals surface area contributed by atoms with Gasteiger partial charge >= 0.3 is 0 Å². The van der Waals surface area contributed by atoms with E-state index in [0.717, 1.165) is 58.1 Å².